The van der Waals surface area contributed by atoms with Gasteiger partial charge in [-0.05, 0) is 50.2 Å². The zero-order chi connectivity index (χ0) is 20.2. The molecule has 1 aliphatic rings. The first-order chi connectivity index (χ1) is 14.1. The summed E-state index contributed by atoms with van der Waals surface area (Å²) < 4.78 is 13.2. The van der Waals surface area contributed by atoms with Crippen molar-refractivity contribution in [1.29, 1.82) is 0 Å². The smallest absolute Gasteiger partial charge is 0.227 e. The quantitative estimate of drug-likeness (QED) is 0.644. The van der Waals surface area contributed by atoms with Crippen LogP contribution in [0.5, 0.6) is 0 Å². The Balaban J connectivity index is 1.52. The van der Waals surface area contributed by atoms with Crippen molar-refractivity contribution < 1.29 is 4.39 Å². The summed E-state index contributed by atoms with van der Waals surface area (Å²) >= 11 is 0. The first kappa shape index (κ1) is 19.2. The highest BCUT2D eigenvalue weighted by molar-refractivity contribution is 5.61. The van der Waals surface area contributed by atoms with Crippen molar-refractivity contribution in [3.63, 3.8) is 0 Å². The van der Waals surface area contributed by atoms with Crippen LogP contribution in [0.1, 0.15) is 12.6 Å². The molecule has 0 atom stereocenters. The highest BCUT2D eigenvalue weighted by Crippen LogP contribution is 2.26. The Bertz CT molecular complexity index is 937. The van der Waals surface area contributed by atoms with Crippen molar-refractivity contribution in [2.45, 2.75) is 13.8 Å². The first-order valence-corrected chi connectivity index (χ1v) is 10.1. The van der Waals surface area contributed by atoms with Crippen LogP contribution in [0, 0.1) is 12.7 Å². The van der Waals surface area contributed by atoms with E-state index in [0.717, 1.165) is 61.6 Å². The number of nitrogens with zero attached hydrogens (tertiary/aromatic N) is 5. The molecule has 0 bridgehead atoms. The highest BCUT2D eigenvalue weighted by atomic mass is 19.1. The van der Waals surface area contributed by atoms with E-state index in [9.17, 15) is 4.39 Å². The molecule has 1 aromatic heterocycles. The largest absolute Gasteiger partial charge is 0.368 e. The van der Waals surface area contributed by atoms with Crippen LogP contribution in [-0.2, 0) is 0 Å². The van der Waals surface area contributed by atoms with Crippen LogP contribution in [0.3, 0.4) is 0 Å². The molecule has 2 heterocycles. The van der Waals surface area contributed by atoms with Crippen LogP contribution < -0.4 is 14.7 Å². The molecular weight excluding hydrogens is 365 g/mol. The van der Waals surface area contributed by atoms with Crippen molar-refractivity contribution in [2.24, 2.45) is 0 Å². The summed E-state index contributed by atoms with van der Waals surface area (Å²) in [5.41, 5.74) is 3.14. The summed E-state index contributed by atoms with van der Waals surface area (Å²) in [6, 6.07) is 19.1. The molecular formula is C23H26FN5. The van der Waals surface area contributed by atoms with Crippen LogP contribution in [0.2, 0.25) is 0 Å². The molecule has 0 saturated carbocycles. The van der Waals surface area contributed by atoms with E-state index in [1.165, 1.54) is 12.1 Å². The van der Waals surface area contributed by atoms with Gasteiger partial charge in [-0.1, -0.05) is 18.2 Å². The van der Waals surface area contributed by atoms with Crippen LogP contribution in [0.4, 0.5) is 27.5 Å². The standard InChI is InChI=1S/C23H26FN5/c1-3-29(21-7-5-4-6-8-21)22-17-18(2)25-23(26-22)28-15-13-27(14-16-28)20-11-9-19(24)10-12-20/h4-12,17H,3,13-16H2,1-2H3. The Morgan fingerprint density at radius 3 is 2.21 bits per heavy atom. The van der Waals surface area contributed by atoms with Crippen molar-refractivity contribution in [1.82, 2.24) is 9.97 Å². The van der Waals surface area contributed by atoms with Crippen molar-refractivity contribution in [3.8, 4) is 0 Å². The molecule has 5 nitrogen and oxygen atoms in total. The van der Waals surface area contributed by atoms with Gasteiger partial charge in [0.1, 0.15) is 11.6 Å². The van der Waals surface area contributed by atoms with E-state index in [4.69, 9.17) is 9.97 Å². The summed E-state index contributed by atoms with van der Waals surface area (Å²) in [5, 5.41) is 0. The molecule has 0 radical (unpaired) electrons. The predicted octanol–water partition coefficient (Wildman–Crippen LogP) is 4.41. The molecule has 1 fully saturated rings. The molecule has 6 heteroatoms. The van der Waals surface area contributed by atoms with E-state index in [1.54, 1.807) is 0 Å². The van der Waals surface area contributed by atoms with Crippen LogP contribution >= 0.6 is 0 Å². The van der Waals surface area contributed by atoms with Gasteiger partial charge in [-0.3, -0.25) is 0 Å². The number of aromatic nitrogens is 2. The average molecular weight is 391 g/mol. The molecule has 1 aliphatic heterocycles. The molecule has 4 rings (SSSR count). The summed E-state index contributed by atoms with van der Waals surface area (Å²) in [4.78, 5) is 16.3. The second kappa shape index (κ2) is 8.47. The van der Waals surface area contributed by atoms with E-state index in [-0.39, 0.29) is 5.82 Å². The van der Waals surface area contributed by atoms with E-state index in [1.807, 2.05) is 43.3 Å². The van der Waals surface area contributed by atoms with Gasteiger partial charge in [0.05, 0.1) is 0 Å². The number of halogens is 1. The number of anilines is 4. The average Bonchev–Trinajstić information content (AvgIpc) is 2.75. The molecule has 0 amide bonds. The molecule has 0 N–H and O–H groups in total. The Morgan fingerprint density at radius 2 is 1.55 bits per heavy atom. The van der Waals surface area contributed by atoms with Gasteiger partial charge < -0.3 is 14.7 Å². The van der Waals surface area contributed by atoms with E-state index in [2.05, 4.69) is 33.8 Å². The van der Waals surface area contributed by atoms with Crippen molar-refractivity contribution in [3.05, 3.63) is 72.2 Å². The number of hydrogen-bond donors (Lipinski definition) is 0. The molecule has 0 aliphatic carbocycles. The number of piperazine rings is 1. The minimum Gasteiger partial charge on any atom is -0.368 e. The lowest BCUT2D eigenvalue weighted by Crippen LogP contribution is -2.47. The van der Waals surface area contributed by atoms with Gasteiger partial charge in [0, 0.05) is 55.9 Å². The fraction of sp³-hybridized carbons (Fsp3) is 0.304. The van der Waals surface area contributed by atoms with Gasteiger partial charge in [-0.2, -0.15) is 4.98 Å². The number of hydrogen-bond acceptors (Lipinski definition) is 5. The molecule has 29 heavy (non-hydrogen) atoms. The third-order valence-electron chi connectivity index (χ3n) is 5.24. The monoisotopic (exact) mass is 391 g/mol. The molecule has 0 spiro atoms. The molecule has 1 saturated heterocycles. The Hall–Kier alpha value is -3.15. The van der Waals surface area contributed by atoms with Gasteiger partial charge >= 0.3 is 0 Å². The van der Waals surface area contributed by atoms with Crippen LogP contribution in [0.15, 0.2) is 60.7 Å². The van der Waals surface area contributed by atoms with Gasteiger partial charge in [0.25, 0.3) is 0 Å². The van der Waals surface area contributed by atoms with Gasteiger partial charge in [0.15, 0.2) is 0 Å². The Kier molecular flexibility index (Phi) is 5.60. The topological polar surface area (TPSA) is 35.5 Å². The maximum atomic E-state index is 13.2. The number of rotatable bonds is 5. The molecule has 150 valence electrons. The Morgan fingerprint density at radius 1 is 0.897 bits per heavy atom. The summed E-state index contributed by atoms with van der Waals surface area (Å²) in [6.07, 6.45) is 0. The normalized spacial score (nSPS) is 14.2. The van der Waals surface area contributed by atoms with Crippen molar-refractivity contribution >= 4 is 23.1 Å². The zero-order valence-corrected chi connectivity index (χ0v) is 16.9. The lowest BCUT2D eigenvalue weighted by atomic mass is 10.2. The Labute approximate surface area is 171 Å². The minimum atomic E-state index is -0.202. The maximum absolute atomic E-state index is 13.2. The van der Waals surface area contributed by atoms with Gasteiger partial charge in [-0.25, -0.2) is 9.37 Å². The fourth-order valence-corrected chi connectivity index (χ4v) is 3.72. The SMILES string of the molecule is CCN(c1ccccc1)c1cc(C)nc(N2CCN(c3ccc(F)cc3)CC2)n1. The van der Waals surface area contributed by atoms with Gasteiger partial charge in [0.2, 0.25) is 5.95 Å². The molecule has 3 aromatic rings. The zero-order valence-electron chi connectivity index (χ0n) is 16.9. The van der Waals surface area contributed by atoms with Crippen LogP contribution in [-0.4, -0.2) is 42.7 Å². The minimum absolute atomic E-state index is 0.202. The van der Waals surface area contributed by atoms with Gasteiger partial charge in [-0.15, -0.1) is 0 Å². The third-order valence-corrected chi connectivity index (χ3v) is 5.24. The first-order valence-electron chi connectivity index (χ1n) is 10.1. The van der Waals surface area contributed by atoms with E-state index < -0.39 is 0 Å². The van der Waals surface area contributed by atoms with E-state index in [0.29, 0.717) is 0 Å². The fourth-order valence-electron chi connectivity index (χ4n) is 3.72. The maximum Gasteiger partial charge on any atom is 0.227 e. The number of benzene rings is 2. The third kappa shape index (κ3) is 4.31. The second-order valence-corrected chi connectivity index (χ2v) is 7.20. The lowest BCUT2D eigenvalue weighted by Gasteiger charge is -2.36. The number of para-hydroxylation sites is 1. The number of aryl methyl sites for hydroxylation is 1. The second-order valence-electron chi connectivity index (χ2n) is 7.20. The lowest BCUT2D eigenvalue weighted by molar-refractivity contribution is 0.623. The predicted molar refractivity (Wildman–Crippen MR) is 117 cm³/mol. The van der Waals surface area contributed by atoms with Crippen molar-refractivity contribution in [2.75, 3.05) is 47.4 Å². The summed E-state index contributed by atoms with van der Waals surface area (Å²) in [7, 11) is 0. The molecule has 0 unspecified atom stereocenters. The van der Waals surface area contributed by atoms with Crippen LogP contribution in [0.25, 0.3) is 0 Å². The summed E-state index contributed by atoms with van der Waals surface area (Å²) in [5.74, 6) is 1.49. The summed E-state index contributed by atoms with van der Waals surface area (Å²) in [6.45, 7) is 8.35. The van der Waals surface area contributed by atoms with E-state index >= 15 is 0 Å². The highest BCUT2D eigenvalue weighted by Gasteiger charge is 2.21. The molecule has 2 aromatic carbocycles.